The van der Waals surface area contributed by atoms with E-state index in [0.29, 0.717) is 6.54 Å². The molecule has 0 aliphatic carbocycles. The van der Waals surface area contributed by atoms with Crippen LogP contribution in [0.5, 0.6) is 0 Å². The highest BCUT2D eigenvalue weighted by atomic mass is 16.5. The number of hydrogen-bond acceptors (Lipinski definition) is 4. The van der Waals surface area contributed by atoms with Crippen LogP contribution in [0, 0.1) is 6.92 Å². The molecule has 0 radical (unpaired) electrons. The van der Waals surface area contributed by atoms with Crippen molar-refractivity contribution in [3.63, 3.8) is 0 Å². The summed E-state index contributed by atoms with van der Waals surface area (Å²) in [7, 11) is 0. The van der Waals surface area contributed by atoms with Gasteiger partial charge in [0.05, 0.1) is 25.5 Å². The van der Waals surface area contributed by atoms with E-state index in [-0.39, 0.29) is 0 Å². The largest absolute Gasteiger partial charge is 0.379 e. The van der Waals surface area contributed by atoms with Crippen molar-refractivity contribution in [3.8, 4) is 0 Å². The zero-order chi connectivity index (χ0) is 17.5. The SMILES string of the molecule is CCNC(=NCc1cn2c(C)cccc2n1)NCCN1CCOCC1. The van der Waals surface area contributed by atoms with Crippen LogP contribution >= 0.6 is 0 Å². The van der Waals surface area contributed by atoms with Crippen molar-refractivity contribution >= 4 is 11.6 Å². The Morgan fingerprint density at radius 2 is 2.12 bits per heavy atom. The number of imidazole rings is 1. The molecule has 0 unspecified atom stereocenters. The molecular weight excluding hydrogens is 316 g/mol. The number of ether oxygens (including phenoxy) is 1. The quantitative estimate of drug-likeness (QED) is 0.605. The van der Waals surface area contributed by atoms with Gasteiger partial charge >= 0.3 is 0 Å². The van der Waals surface area contributed by atoms with Crippen LogP contribution in [0.1, 0.15) is 18.3 Å². The molecule has 0 spiro atoms. The number of rotatable bonds is 6. The molecule has 0 amide bonds. The Bertz CT molecular complexity index is 705. The molecule has 2 aromatic heterocycles. The van der Waals surface area contributed by atoms with E-state index in [0.717, 1.165) is 63.2 Å². The van der Waals surface area contributed by atoms with Crippen LogP contribution in [0.15, 0.2) is 29.4 Å². The number of nitrogens with zero attached hydrogens (tertiary/aromatic N) is 4. The van der Waals surface area contributed by atoms with Crippen LogP contribution in [-0.2, 0) is 11.3 Å². The molecule has 0 atom stereocenters. The van der Waals surface area contributed by atoms with Gasteiger partial charge in [-0.25, -0.2) is 9.98 Å². The summed E-state index contributed by atoms with van der Waals surface area (Å²) in [6.45, 7) is 11.1. The molecule has 2 aromatic rings. The third kappa shape index (κ3) is 4.93. The molecule has 1 aliphatic heterocycles. The maximum absolute atomic E-state index is 5.38. The Labute approximate surface area is 149 Å². The van der Waals surface area contributed by atoms with Gasteiger partial charge in [-0.2, -0.15) is 0 Å². The van der Waals surface area contributed by atoms with E-state index in [1.807, 2.05) is 12.1 Å². The fraction of sp³-hybridized carbons (Fsp3) is 0.556. The molecule has 7 nitrogen and oxygen atoms in total. The highest BCUT2D eigenvalue weighted by Gasteiger charge is 2.09. The van der Waals surface area contributed by atoms with Gasteiger partial charge in [0.15, 0.2) is 5.96 Å². The van der Waals surface area contributed by atoms with Crippen LogP contribution in [0.4, 0.5) is 0 Å². The monoisotopic (exact) mass is 344 g/mol. The predicted molar refractivity (Wildman–Crippen MR) is 100 cm³/mol. The Kier molecular flexibility index (Phi) is 6.25. The number of aliphatic imine (C=N–C) groups is 1. The fourth-order valence-corrected chi connectivity index (χ4v) is 2.93. The number of aryl methyl sites for hydroxylation is 1. The average Bonchev–Trinajstić information content (AvgIpc) is 3.05. The first kappa shape index (κ1) is 17.7. The number of hydrogen-bond donors (Lipinski definition) is 2. The van der Waals surface area contributed by atoms with Crippen LogP contribution in [0.3, 0.4) is 0 Å². The molecule has 1 saturated heterocycles. The lowest BCUT2D eigenvalue weighted by molar-refractivity contribution is 0.0389. The molecular formula is C18H28N6O. The minimum absolute atomic E-state index is 0.563. The van der Waals surface area contributed by atoms with E-state index >= 15 is 0 Å². The van der Waals surface area contributed by atoms with Gasteiger partial charge in [0.2, 0.25) is 0 Å². The number of morpholine rings is 1. The number of pyridine rings is 1. The van der Waals surface area contributed by atoms with Crippen molar-refractivity contribution in [1.82, 2.24) is 24.9 Å². The molecule has 1 fully saturated rings. The van der Waals surface area contributed by atoms with E-state index < -0.39 is 0 Å². The summed E-state index contributed by atoms with van der Waals surface area (Å²) < 4.78 is 7.48. The normalized spacial score (nSPS) is 16.3. The lowest BCUT2D eigenvalue weighted by atomic mass is 10.4. The number of aromatic nitrogens is 2. The van der Waals surface area contributed by atoms with Gasteiger partial charge in [-0.3, -0.25) is 4.90 Å². The first-order chi connectivity index (χ1) is 12.3. The zero-order valence-corrected chi connectivity index (χ0v) is 15.2. The summed E-state index contributed by atoms with van der Waals surface area (Å²) in [5, 5.41) is 6.70. The van der Waals surface area contributed by atoms with Gasteiger partial charge in [0.1, 0.15) is 5.65 Å². The second kappa shape index (κ2) is 8.82. The molecule has 3 rings (SSSR count). The molecule has 7 heteroatoms. The highest BCUT2D eigenvalue weighted by molar-refractivity contribution is 5.79. The molecule has 0 bridgehead atoms. The minimum Gasteiger partial charge on any atom is -0.379 e. The van der Waals surface area contributed by atoms with Crippen LogP contribution < -0.4 is 10.6 Å². The van der Waals surface area contributed by atoms with E-state index in [4.69, 9.17) is 4.74 Å². The van der Waals surface area contributed by atoms with Gasteiger partial charge in [-0.1, -0.05) is 6.07 Å². The van der Waals surface area contributed by atoms with Crippen LogP contribution in [0.25, 0.3) is 5.65 Å². The Balaban J connectivity index is 1.55. The third-order valence-corrected chi connectivity index (χ3v) is 4.31. The predicted octanol–water partition coefficient (Wildman–Crippen LogP) is 1.03. The second-order valence-corrected chi connectivity index (χ2v) is 6.20. The van der Waals surface area contributed by atoms with Crippen molar-refractivity contribution in [2.45, 2.75) is 20.4 Å². The zero-order valence-electron chi connectivity index (χ0n) is 15.2. The highest BCUT2D eigenvalue weighted by Crippen LogP contribution is 2.09. The summed E-state index contributed by atoms with van der Waals surface area (Å²) in [4.78, 5) is 11.7. The number of fused-ring (bicyclic) bond motifs is 1. The maximum Gasteiger partial charge on any atom is 0.191 e. The molecule has 25 heavy (non-hydrogen) atoms. The van der Waals surface area contributed by atoms with Crippen LogP contribution in [0.2, 0.25) is 0 Å². The molecule has 0 saturated carbocycles. The second-order valence-electron chi connectivity index (χ2n) is 6.20. The standard InChI is InChI=1S/C18H28N6O/c1-3-19-18(20-7-8-23-9-11-25-12-10-23)21-13-16-14-24-15(2)5-4-6-17(24)22-16/h4-6,14H,3,7-13H2,1-2H3,(H2,19,20,21). The fourth-order valence-electron chi connectivity index (χ4n) is 2.93. The lowest BCUT2D eigenvalue weighted by Crippen LogP contribution is -2.44. The van der Waals surface area contributed by atoms with Gasteiger partial charge in [-0.05, 0) is 26.0 Å². The summed E-state index contributed by atoms with van der Waals surface area (Å²) in [5.74, 6) is 0.838. The van der Waals surface area contributed by atoms with Crippen molar-refractivity contribution in [1.29, 1.82) is 0 Å². The van der Waals surface area contributed by atoms with Gasteiger partial charge in [0.25, 0.3) is 0 Å². The van der Waals surface area contributed by atoms with E-state index in [1.54, 1.807) is 0 Å². The Morgan fingerprint density at radius 3 is 2.88 bits per heavy atom. The number of nitrogens with one attached hydrogen (secondary N) is 2. The van der Waals surface area contributed by atoms with Gasteiger partial charge < -0.3 is 19.8 Å². The number of guanidine groups is 1. The smallest absolute Gasteiger partial charge is 0.191 e. The summed E-state index contributed by atoms with van der Waals surface area (Å²) in [6, 6.07) is 6.13. The Morgan fingerprint density at radius 1 is 1.28 bits per heavy atom. The van der Waals surface area contributed by atoms with E-state index in [1.165, 1.54) is 5.69 Å². The molecule has 3 heterocycles. The van der Waals surface area contributed by atoms with Crippen molar-refractivity contribution in [2.24, 2.45) is 4.99 Å². The first-order valence-corrected chi connectivity index (χ1v) is 9.02. The van der Waals surface area contributed by atoms with E-state index in [9.17, 15) is 0 Å². The molecule has 0 aromatic carbocycles. The van der Waals surface area contributed by atoms with Crippen molar-refractivity contribution < 1.29 is 4.74 Å². The third-order valence-electron chi connectivity index (χ3n) is 4.31. The Hall–Kier alpha value is -2.12. The topological polar surface area (TPSA) is 66.2 Å². The summed E-state index contributed by atoms with van der Waals surface area (Å²) in [6.07, 6.45) is 2.06. The van der Waals surface area contributed by atoms with Crippen LogP contribution in [-0.4, -0.2) is 66.2 Å². The molecule has 1 aliphatic rings. The van der Waals surface area contributed by atoms with Gasteiger partial charge in [-0.15, -0.1) is 0 Å². The first-order valence-electron chi connectivity index (χ1n) is 9.02. The molecule has 2 N–H and O–H groups in total. The average molecular weight is 344 g/mol. The summed E-state index contributed by atoms with van der Waals surface area (Å²) >= 11 is 0. The maximum atomic E-state index is 5.38. The summed E-state index contributed by atoms with van der Waals surface area (Å²) in [5.41, 5.74) is 3.12. The van der Waals surface area contributed by atoms with Crippen molar-refractivity contribution in [2.75, 3.05) is 45.9 Å². The minimum atomic E-state index is 0.563. The van der Waals surface area contributed by atoms with Crippen molar-refractivity contribution in [3.05, 3.63) is 35.8 Å². The molecule has 136 valence electrons. The van der Waals surface area contributed by atoms with Gasteiger partial charge in [0, 0.05) is 44.6 Å². The van der Waals surface area contributed by atoms with E-state index in [2.05, 4.69) is 56.0 Å². The lowest BCUT2D eigenvalue weighted by Gasteiger charge is -2.26.